The highest BCUT2D eigenvalue weighted by atomic mass is 16.6. The maximum absolute atomic E-state index is 12.2. The van der Waals surface area contributed by atoms with Gasteiger partial charge in [-0.2, -0.15) is 0 Å². The molecule has 9 heteroatoms. The minimum absolute atomic E-state index is 0.106. The molecule has 1 fully saturated rings. The predicted molar refractivity (Wildman–Crippen MR) is 86.8 cm³/mol. The van der Waals surface area contributed by atoms with Gasteiger partial charge in [0.25, 0.3) is 0 Å². The smallest absolute Gasteiger partial charge is 0.323 e. The molecular weight excluding hydrogens is 348 g/mol. The van der Waals surface area contributed by atoms with Gasteiger partial charge in [-0.05, 0) is 26.7 Å². The first-order valence-corrected chi connectivity index (χ1v) is 8.59. The standard InChI is InChI=1S/C17H26O9/c1-5-22-16(20)15(17(21)23-6-2)13-8-7-12(25-11(4)19)14(26-13)9-24-10(3)18/h12-15H,5-9H2,1-4H3/t12-,13+,14+/m0/s1. The molecule has 1 aliphatic heterocycles. The quantitative estimate of drug-likeness (QED) is 0.345. The molecule has 1 aliphatic rings. The summed E-state index contributed by atoms with van der Waals surface area (Å²) in [4.78, 5) is 46.8. The van der Waals surface area contributed by atoms with E-state index >= 15 is 0 Å². The molecule has 0 amide bonds. The van der Waals surface area contributed by atoms with Crippen LogP contribution in [-0.2, 0) is 42.9 Å². The second kappa shape index (κ2) is 10.7. The zero-order valence-corrected chi connectivity index (χ0v) is 15.5. The molecule has 1 rings (SSSR count). The summed E-state index contributed by atoms with van der Waals surface area (Å²) in [5, 5.41) is 0. The Balaban J connectivity index is 2.94. The molecule has 1 saturated heterocycles. The summed E-state index contributed by atoms with van der Waals surface area (Å²) >= 11 is 0. The maximum Gasteiger partial charge on any atom is 0.323 e. The lowest BCUT2D eigenvalue weighted by molar-refractivity contribution is -0.198. The Morgan fingerprint density at radius 2 is 1.50 bits per heavy atom. The van der Waals surface area contributed by atoms with Crippen LogP contribution in [0.2, 0.25) is 0 Å². The van der Waals surface area contributed by atoms with Crippen LogP contribution in [0.3, 0.4) is 0 Å². The van der Waals surface area contributed by atoms with Crippen LogP contribution in [0, 0.1) is 5.92 Å². The van der Waals surface area contributed by atoms with Gasteiger partial charge in [-0.15, -0.1) is 0 Å². The summed E-state index contributed by atoms with van der Waals surface area (Å²) in [5.41, 5.74) is 0. The zero-order chi connectivity index (χ0) is 19.7. The Kier molecular flexibility index (Phi) is 9.04. The van der Waals surface area contributed by atoms with Gasteiger partial charge in [0.15, 0.2) is 5.92 Å². The van der Waals surface area contributed by atoms with Crippen molar-refractivity contribution in [2.75, 3.05) is 19.8 Å². The second-order valence-corrected chi connectivity index (χ2v) is 5.72. The molecule has 148 valence electrons. The number of rotatable bonds is 8. The van der Waals surface area contributed by atoms with Crippen molar-refractivity contribution in [3.8, 4) is 0 Å². The Morgan fingerprint density at radius 1 is 0.923 bits per heavy atom. The fourth-order valence-corrected chi connectivity index (χ4v) is 2.70. The number of ether oxygens (including phenoxy) is 5. The third kappa shape index (κ3) is 6.62. The zero-order valence-electron chi connectivity index (χ0n) is 15.5. The molecule has 1 heterocycles. The second-order valence-electron chi connectivity index (χ2n) is 5.72. The number of hydrogen-bond acceptors (Lipinski definition) is 9. The van der Waals surface area contributed by atoms with Crippen molar-refractivity contribution < 1.29 is 42.9 Å². The Labute approximate surface area is 152 Å². The average molecular weight is 374 g/mol. The topological polar surface area (TPSA) is 114 Å². The van der Waals surface area contributed by atoms with Crippen molar-refractivity contribution in [3.63, 3.8) is 0 Å². The molecule has 26 heavy (non-hydrogen) atoms. The van der Waals surface area contributed by atoms with Crippen molar-refractivity contribution in [1.82, 2.24) is 0 Å². The SMILES string of the molecule is CCOC(=O)C(C(=O)OCC)[C@H]1CC[C@H](OC(C)=O)[C@@H](COC(C)=O)O1. The van der Waals surface area contributed by atoms with Crippen molar-refractivity contribution in [3.05, 3.63) is 0 Å². The van der Waals surface area contributed by atoms with Crippen LogP contribution in [0.4, 0.5) is 0 Å². The van der Waals surface area contributed by atoms with Crippen LogP contribution < -0.4 is 0 Å². The number of carbonyl (C=O) groups excluding carboxylic acids is 4. The van der Waals surface area contributed by atoms with Crippen LogP contribution in [0.25, 0.3) is 0 Å². The fraction of sp³-hybridized carbons (Fsp3) is 0.765. The van der Waals surface area contributed by atoms with Gasteiger partial charge in [-0.1, -0.05) is 0 Å². The number of esters is 4. The summed E-state index contributed by atoms with van der Waals surface area (Å²) < 4.78 is 25.9. The lowest BCUT2D eigenvalue weighted by Gasteiger charge is -2.37. The van der Waals surface area contributed by atoms with E-state index in [0.717, 1.165) is 0 Å². The van der Waals surface area contributed by atoms with Crippen LogP contribution in [0.15, 0.2) is 0 Å². The minimum Gasteiger partial charge on any atom is -0.465 e. The maximum atomic E-state index is 12.2. The summed E-state index contributed by atoms with van der Waals surface area (Å²) in [6.07, 6.45) is -1.66. The highest BCUT2D eigenvalue weighted by molar-refractivity contribution is 5.95. The fourth-order valence-electron chi connectivity index (χ4n) is 2.70. The largest absolute Gasteiger partial charge is 0.465 e. The van der Waals surface area contributed by atoms with Gasteiger partial charge in [0.2, 0.25) is 0 Å². The molecular formula is C17H26O9. The van der Waals surface area contributed by atoms with Gasteiger partial charge in [-0.25, -0.2) is 0 Å². The van der Waals surface area contributed by atoms with Crippen molar-refractivity contribution in [1.29, 1.82) is 0 Å². The van der Waals surface area contributed by atoms with Crippen LogP contribution in [0.5, 0.6) is 0 Å². The lowest BCUT2D eigenvalue weighted by Crippen LogP contribution is -2.50. The minimum atomic E-state index is -1.26. The van der Waals surface area contributed by atoms with Crippen LogP contribution in [0.1, 0.15) is 40.5 Å². The average Bonchev–Trinajstić information content (AvgIpc) is 2.55. The molecule has 0 aromatic carbocycles. The first kappa shape index (κ1) is 21.9. The summed E-state index contributed by atoms with van der Waals surface area (Å²) in [7, 11) is 0. The third-order valence-corrected chi connectivity index (χ3v) is 3.72. The molecule has 0 N–H and O–H groups in total. The molecule has 0 bridgehead atoms. The monoisotopic (exact) mass is 374 g/mol. The van der Waals surface area contributed by atoms with E-state index < -0.39 is 48.1 Å². The predicted octanol–water partition coefficient (Wildman–Crippen LogP) is 0.771. The molecule has 9 nitrogen and oxygen atoms in total. The van der Waals surface area contributed by atoms with E-state index in [-0.39, 0.29) is 26.2 Å². The first-order chi connectivity index (χ1) is 12.3. The van der Waals surface area contributed by atoms with E-state index in [0.29, 0.717) is 6.42 Å². The molecule has 0 aliphatic carbocycles. The van der Waals surface area contributed by atoms with Crippen LogP contribution >= 0.6 is 0 Å². The summed E-state index contributed by atoms with van der Waals surface area (Å²) in [6.45, 7) is 5.80. The van der Waals surface area contributed by atoms with Gasteiger partial charge in [0.05, 0.1) is 19.3 Å². The summed E-state index contributed by atoms with van der Waals surface area (Å²) in [6, 6.07) is 0. The molecule has 3 atom stereocenters. The van der Waals surface area contributed by atoms with Gasteiger partial charge in [0.1, 0.15) is 18.8 Å². The number of carbonyl (C=O) groups is 4. The van der Waals surface area contributed by atoms with Crippen molar-refractivity contribution in [2.45, 2.75) is 58.8 Å². The molecule has 0 spiro atoms. The molecule has 0 aromatic heterocycles. The highest BCUT2D eigenvalue weighted by Crippen LogP contribution is 2.29. The Bertz CT molecular complexity index is 498. The van der Waals surface area contributed by atoms with Gasteiger partial charge in [0, 0.05) is 13.8 Å². The Hall–Kier alpha value is -2.16. The highest BCUT2D eigenvalue weighted by Gasteiger charge is 2.44. The van der Waals surface area contributed by atoms with Gasteiger partial charge < -0.3 is 23.7 Å². The molecule has 0 aromatic rings. The van der Waals surface area contributed by atoms with E-state index in [1.807, 2.05) is 0 Å². The Morgan fingerprint density at radius 3 is 1.96 bits per heavy atom. The molecule has 0 unspecified atom stereocenters. The summed E-state index contributed by atoms with van der Waals surface area (Å²) in [5.74, 6) is -3.77. The van der Waals surface area contributed by atoms with E-state index in [9.17, 15) is 19.2 Å². The first-order valence-electron chi connectivity index (χ1n) is 8.59. The lowest BCUT2D eigenvalue weighted by atomic mass is 9.92. The van der Waals surface area contributed by atoms with Crippen molar-refractivity contribution in [2.24, 2.45) is 5.92 Å². The molecule has 0 saturated carbocycles. The van der Waals surface area contributed by atoms with Crippen LogP contribution in [-0.4, -0.2) is 62.0 Å². The van der Waals surface area contributed by atoms with E-state index in [2.05, 4.69) is 0 Å². The van der Waals surface area contributed by atoms with E-state index in [1.54, 1.807) is 13.8 Å². The third-order valence-electron chi connectivity index (χ3n) is 3.72. The van der Waals surface area contributed by atoms with Gasteiger partial charge >= 0.3 is 23.9 Å². The normalized spacial score (nSPS) is 22.4. The molecule has 0 radical (unpaired) electrons. The number of hydrogen-bond donors (Lipinski definition) is 0. The van der Waals surface area contributed by atoms with Crippen molar-refractivity contribution >= 4 is 23.9 Å². The van der Waals surface area contributed by atoms with E-state index in [1.165, 1.54) is 13.8 Å². The van der Waals surface area contributed by atoms with E-state index in [4.69, 9.17) is 23.7 Å². The van der Waals surface area contributed by atoms with Gasteiger partial charge in [-0.3, -0.25) is 19.2 Å².